The third-order valence-electron chi connectivity index (χ3n) is 2.26. The molecule has 0 atom stereocenters. The number of aromatic nitrogens is 1. The van der Waals surface area contributed by atoms with Crippen molar-refractivity contribution in [3.8, 4) is 0 Å². The molecule has 0 aliphatic rings. The van der Waals surface area contributed by atoms with E-state index in [9.17, 15) is 9.59 Å². The van der Waals surface area contributed by atoms with Crippen LogP contribution >= 0.6 is 0 Å². The Balaban J connectivity index is 2.15. The number of carbonyl (C=O) groups excluding carboxylic acids is 2. The number of oxazole rings is 1. The molecule has 0 amide bonds. The highest BCUT2D eigenvalue weighted by Gasteiger charge is 2.13. The minimum Gasteiger partial charge on any atom is -0.466 e. The molecular formula is C12H11NO4. The average molecular weight is 233 g/mol. The van der Waals surface area contributed by atoms with Gasteiger partial charge in [-0.3, -0.25) is 9.59 Å². The minimum absolute atomic E-state index is 0.253. The second-order valence-corrected chi connectivity index (χ2v) is 3.44. The Morgan fingerprint density at radius 1 is 1.41 bits per heavy atom. The number of ketones is 1. The standard InChI is InChI=1S/C12H11NO4/c1-2-16-12(15)6-10(14)8-3-4-11-9(5-8)13-7-17-11/h3-5,7H,2,6H2,1H3. The zero-order valence-electron chi connectivity index (χ0n) is 9.30. The first-order valence-electron chi connectivity index (χ1n) is 5.22. The summed E-state index contributed by atoms with van der Waals surface area (Å²) < 4.78 is 9.77. The van der Waals surface area contributed by atoms with Crippen LogP contribution in [0.15, 0.2) is 29.0 Å². The van der Waals surface area contributed by atoms with Gasteiger partial charge in [-0.1, -0.05) is 0 Å². The van der Waals surface area contributed by atoms with E-state index in [1.165, 1.54) is 6.39 Å². The molecule has 2 aromatic rings. The van der Waals surface area contributed by atoms with Crippen molar-refractivity contribution in [2.75, 3.05) is 6.61 Å². The van der Waals surface area contributed by atoms with Crippen LogP contribution in [0.5, 0.6) is 0 Å². The van der Waals surface area contributed by atoms with Gasteiger partial charge >= 0.3 is 5.97 Å². The first-order chi connectivity index (χ1) is 8.20. The van der Waals surface area contributed by atoms with Gasteiger partial charge in [0.15, 0.2) is 17.8 Å². The van der Waals surface area contributed by atoms with Crippen molar-refractivity contribution in [2.24, 2.45) is 0 Å². The molecule has 0 bridgehead atoms. The molecule has 0 fully saturated rings. The van der Waals surface area contributed by atoms with Gasteiger partial charge in [-0.25, -0.2) is 4.98 Å². The van der Waals surface area contributed by atoms with E-state index in [2.05, 4.69) is 4.98 Å². The Bertz CT molecular complexity index is 558. The van der Waals surface area contributed by atoms with Crippen molar-refractivity contribution >= 4 is 22.9 Å². The van der Waals surface area contributed by atoms with Gasteiger partial charge in [-0.2, -0.15) is 0 Å². The van der Waals surface area contributed by atoms with Crippen molar-refractivity contribution in [2.45, 2.75) is 13.3 Å². The van der Waals surface area contributed by atoms with Crippen molar-refractivity contribution in [3.05, 3.63) is 30.2 Å². The lowest BCUT2D eigenvalue weighted by Crippen LogP contribution is -2.11. The molecule has 0 saturated carbocycles. The lowest BCUT2D eigenvalue weighted by molar-refractivity contribution is -0.141. The number of Topliss-reactive ketones (excluding diaryl/α,β-unsaturated/α-hetero) is 1. The predicted molar refractivity (Wildman–Crippen MR) is 59.6 cm³/mol. The van der Waals surface area contributed by atoms with Crippen LogP contribution in [0.25, 0.3) is 11.1 Å². The van der Waals surface area contributed by atoms with Crippen molar-refractivity contribution < 1.29 is 18.7 Å². The van der Waals surface area contributed by atoms with Gasteiger partial charge in [-0.05, 0) is 25.1 Å². The zero-order valence-corrected chi connectivity index (χ0v) is 9.30. The van der Waals surface area contributed by atoms with Gasteiger partial charge in [0.2, 0.25) is 0 Å². The molecule has 0 N–H and O–H groups in total. The third kappa shape index (κ3) is 2.50. The van der Waals surface area contributed by atoms with Crippen LogP contribution in [0, 0.1) is 0 Å². The average Bonchev–Trinajstić information content (AvgIpc) is 2.75. The number of fused-ring (bicyclic) bond motifs is 1. The highest BCUT2D eigenvalue weighted by Crippen LogP contribution is 2.15. The van der Waals surface area contributed by atoms with E-state index in [1.807, 2.05) is 0 Å². The fourth-order valence-corrected chi connectivity index (χ4v) is 1.48. The van der Waals surface area contributed by atoms with Gasteiger partial charge in [0, 0.05) is 5.56 Å². The first-order valence-corrected chi connectivity index (χ1v) is 5.22. The highest BCUT2D eigenvalue weighted by molar-refractivity contribution is 6.07. The number of carbonyl (C=O) groups is 2. The molecule has 0 saturated heterocycles. The minimum atomic E-state index is -0.516. The molecule has 1 aromatic carbocycles. The van der Waals surface area contributed by atoms with Gasteiger partial charge in [0.1, 0.15) is 11.9 Å². The van der Waals surface area contributed by atoms with Crippen molar-refractivity contribution in [1.29, 1.82) is 0 Å². The van der Waals surface area contributed by atoms with Crippen LogP contribution in [0.4, 0.5) is 0 Å². The summed E-state index contributed by atoms with van der Waals surface area (Å²) in [5.74, 6) is -0.800. The molecule has 1 heterocycles. The van der Waals surface area contributed by atoms with E-state index < -0.39 is 5.97 Å². The quantitative estimate of drug-likeness (QED) is 0.458. The maximum absolute atomic E-state index is 11.7. The molecule has 5 nitrogen and oxygen atoms in total. The van der Waals surface area contributed by atoms with Crippen LogP contribution in [0.2, 0.25) is 0 Å². The second kappa shape index (κ2) is 4.78. The Hall–Kier alpha value is -2.17. The topological polar surface area (TPSA) is 69.4 Å². The summed E-state index contributed by atoms with van der Waals surface area (Å²) in [5, 5.41) is 0. The lowest BCUT2D eigenvalue weighted by Gasteiger charge is -2.01. The van der Waals surface area contributed by atoms with Crippen LogP contribution < -0.4 is 0 Å². The highest BCUT2D eigenvalue weighted by atomic mass is 16.5. The third-order valence-corrected chi connectivity index (χ3v) is 2.26. The summed E-state index contributed by atoms with van der Waals surface area (Å²) in [5.41, 5.74) is 1.64. The Kier molecular flexibility index (Phi) is 3.18. The summed E-state index contributed by atoms with van der Waals surface area (Å²) in [6.07, 6.45) is 1.06. The molecule has 17 heavy (non-hydrogen) atoms. The number of esters is 1. The van der Waals surface area contributed by atoms with Crippen molar-refractivity contribution in [3.63, 3.8) is 0 Å². The van der Waals surface area contributed by atoms with Gasteiger partial charge < -0.3 is 9.15 Å². The summed E-state index contributed by atoms with van der Waals surface area (Å²) in [7, 11) is 0. The molecule has 1 aromatic heterocycles. The molecule has 0 aliphatic heterocycles. The number of ether oxygens (including phenoxy) is 1. The van der Waals surface area contributed by atoms with Crippen LogP contribution in [0.3, 0.4) is 0 Å². The Morgan fingerprint density at radius 2 is 2.24 bits per heavy atom. The Morgan fingerprint density at radius 3 is 3.00 bits per heavy atom. The summed E-state index contributed by atoms with van der Waals surface area (Å²) in [6, 6.07) is 4.86. The Labute approximate surface area is 97.4 Å². The molecule has 0 aliphatic carbocycles. The number of nitrogens with zero attached hydrogens (tertiary/aromatic N) is 1. The van der Waals surface area contributed by atoms with Crippen molar-refractivity contribution in [1.82, 2.24) is 4.98 Å². The zero-order chi connectivity index (χ0) is 12.3. The fourth-order valence-electron chi connectivity index (χ4n) is 1.48. The van der Waals surface area contributed by atoms with Crippen LogP contribution in [0.1, 0.15) is 23.7 Å². The SMILES string of the molecule is CCOC(=O)CC(=O)c1ccc2ocnc2c1. The monoisotopic (exact) mass is 233 g/mol. The fraction of sp³-hybridized carbons (Fsp3) is 0.250. The second-order valence-electron chi connectivity index (χ2n) is 3.44. The maximum Gasteiger partial charge on any atom is 0.313 e. The van der Waals surface area contributed by atoms with Gasteiger partial charge in [-0.15, -0.1) is 0 Å². The molecule has 0 unspecified atom stereocenters. The molecule has 2 rings (SSSR count). The predicted octanol–water partition coefficient (Wildman–Crippen LogP) is 1.96. The molecular weight excluding hydrogens is 222 g/mol. The van der Waals surface area contributed by atoms with E-state index >= 15 is 0 Å². The maximum atomic E-state index is 11.7. The molecule has 5 heteroatoms. The normalized spacial score (nSPS) is 10.4. The van der Waals surface area contributed by atoms with Gasteiger partial charge in [0.25, 0.3) is 0 Å². The van der Waals surface area contributed by atoms with Crippen LogP contribution in [-0.4, -0.2) is 23.3 Å². The van der Waals surface area contributed by atoms with Crippen LogP contribution in [-0.2, 0) is 9.53 Å². The summed E-state index contributed by atoms with van der Waals surface area (Å²) >= 11 is 0. The first kappa shape index (κ1) is 11.3. The molecule has 0 spiro atoms. The largest absolute Gasteiger partial charge is 0.466 e. The van der Waals surface area contributed by atoms with E-state index in [0.717, 1.165) is 0 Å². The lowest BCUT2D eigenvalue weighted by atomic mass is 10.1. The van der Waals surface area contributed by atoms with Gasteiger partial charge in [0.05, 0.1) is 6.61 Å². The molecule has 88 valence electrons. The van der Waals surface area contributed by atoms with E-state index in [4.69, 9.17) is 9.15 Å². The number of hydrogen-bond acceptors (Lipinski definition) is 5. The smallest absolute Gasteiger partial charge is 0.313 e. The van der Waals surface area contributed by atoms with E-state index in [-0.39, 0.29) is 18.8 Å². The summed E-state index contributed by atoms with van der Waals surface area (Å²) in [4.78, 5) is 26.8. The number of rotatable bonds is 4. The summed E-state index contributed by atoms with van der Waals surface area (Å²) in [6.45, 7) is 1.97. The molecule has 0 radical (unpaired) electrons. The van der Waals surface area contributed by atoms with E-state index in [1.54, 1.807) is 25.1 Å². The van der Waals surface area contributed by atoms with E-state index in [0.29, 0.717) is 16.7 Å². The number of hydrogen-bond donors (Lipinski definition) is 0. The number of benzene rings is 1.